The summed E-state index contributed by atoms with van der Waals surface area (Å²) in [6.45, 7) is 6.28. The first-order valence-corrected chi connectivity index (χ1v) is 15.7. The van der Waals surface area contributed by atoms with E-state index >= 15 is 0 Å². The molecule has 0 amide bonds. The molecule has 41 heavy (non-hydrogen) atoms. The number of rotatable bonds is 22. The maximum Gasteiger partial charge on any atom is 0.338 e. The summed E-state index contributed by atoms with van der Waals surface area (Å²) in [6, 6.07) is 11.4. The van der Waals surface area contributed by atoms with Crippen LogP contribution in [0.15, 0.2) is 42.5 Å². The molecule has 1 N–H and O–H groups in total. The number of carbonyl (C=O) groups excluding carboxylic acids is 2. The SMILES string of the molecule is CCCCCCCCCC(=O)COc1ccc(C(=O)O)c(-c2ccc(C(=O)O[C@H](C)CCCCCCCC)cc2)c1. The Labute approximate surface area is 246 Å². The van der Waals surface area contributed by atoms with Gasteiger partial charge in [0.05, 0.1) is 17.2 Å². The van der Waals surface area contributed by atoms with Crippen LogP contribution in [0.1, 0.15) is 138 Å². The van der Waals surface area contributed by atoms with Crippen molar-refractivity contribution in [3.8, 4) is 16.9 Å². The van der Waals surface area contributed by atoms with Gasteiger partial charge in [-0.05, 0) is 67.6 Å². The smallest absolute Gasteiger partial charge is 0.338 e. The van der Waals surface area contributed by atoms with Crippen LogP contribution in [0.3, 0.4) is 0 Å². The number of ether oxygens (including phenoxy) is 2. The van der Waals surface area contributed by atoms with Crippen molar-refractivity contribution in [2.75, 3.05) is 6.61 Å². The van der Waals surface area contributed by atoms with Crippen LogP contribution >= 0.6 is 0 Å². The fraction of sp³-hybridized carbons (Fsp3) is 0.571. The molecule has 0 fully saturated rings. The van der Waals surface area contributed by atoms with Gasteiger partial charge in [0.25, 0.3) is 0 Å². The van der Waals surface area contributed by atoms with E-state index in [-0.39, 0.29) is 30.0 Å². The van der Waals surface area contributed by atoms with Crippen molar-refractivity contribution in [1.82, 2.24) is 0 Å². The highest BCUT2D eigenvalue weighted by Crippen LogP contribution is 2.29. The lowest BCUT2D eigenvalue weighted by atomic mass is 9.98. The third-order valence-corrected chi connectivity index (χ3v) is 7.38. The Hall–Kier alpha value is -3.15. The molecule has 2 rings (SSSR count). The van der Waals surface area contributed by atoms with Crippen LogP contribution in [0.25, 0.3) is 11.1 Å². The van der Waals surface area contributed by atoms with Crippen molar-refractivity contribution in [3.63, 3.8) is 0 Å². The summed E-state index contributed by atoms with van der Waals surface area (Å²) < 4.78 is 11.3. The van der Waals surface area contributed by atoms with Gasteiger partial charge in [0.2, 0.25) is 0 Å². The van der Waals surface area contributed by atoms with Crippen molar-refractivity contribution in [1.29, 1.82) is 0 Å². The first-order chi connectivity index (χ1) is 19.8. The van der Waals surface area contributed by atoms with Gasteiger partial charge in [0.15, 0.2) is 5.78 Å². The molecule has 6 nitrogen and oxygen atoms in total. The molecule has 6 heteroatoms. The monoisotopic (exact) mass is 566 g/mol. The number of ketones is 1. The molecule has 2 aromatic rings. The summed E-state index contributed by atoms with van der Waals surface area (Å²) in [5.74, 6) is -0.973. The molecule has 0 unspecified atom stereocenters. The fourth-order valence-electron chi connectivity index (χ4n) is 4.86. The first kappa shape index (κ1) is 34.1. The zero-order chi connectivity index (χ0) is 29.9. The quantitative estimate of drug-likeness (QED) is 0.113. The minimum absolute atomic E-state index is 0.0380. The molecule has 0 aromatic heterocycles. The largest absolute Gasteiger partial charge is 0.486 e. The second-order valence-corrected chi connectivity index (χ2v) is 11.1. The second-order valence-electron chi connectivity index (χ2n) is 11.1. The molecule has 226 valence electrons. The number of carboxylic acids is 1. The van der Waals surface area contributed by atoms with Crippen molar-refractivity contribution in [2.24, 2.45) is 0 Å². The van der Waals surface area contributed by atoms with E-state index in [9.17, 15) is 19.5 Å². The van der Waals surface area contributed by atoms with Crippen LogP contribution in [0.4, 0.5) is 0 Å². The zero-order valence-electron chi connectivity index (χ0n) is 25.4. The average molecular weight is 567 g/mol. The number of unbranched alkanes of at least 4 members (excludes halogenated alkanes) is 11. The molecule has 0 bridgehead atoms. The summed E-state index contributed by atoms with van der Waals surface area (Å²) in [6.07, 6.45) is 16.4. The molecule has 0 aliphatic heterocycles. The molecule has 0 aliphatic carbocycles. The highest BCUT2D eigenvalue weighted by Gasteiger charge is 2.16. The molecular weight excluding hydrogens is 516 g/mol. The maximum absolute atomic E-state index is 12.6. The highest BCUT2D eigenvalue weighted by molar-refractivity contribution is 5.97. The number of esters is 1. The number of benzene rings is 2. The van der Waals surface area contributed by atoms with Gasteiger partial charge in [-0.1, -0.05) is 96.6 Å². The van der Waals surface area contributed by atoms with Gasteiger partial charge in [-0.25, -0.2) is 9.59 Å². The molecule has 1 atom stereocenters. The molecule has 0 saturated heterocycles. The predicted molar refractivity (Wildman–Crippen MR) is 165 cm³/mol. The second kappa shape index (κ2) is 19.8. The molecule has 2 aromatic carbocycles. The van der Waals surface area contributed by atoms with Gasteiger partial charge >= 0.3 is 11.9 Å². The van der Waals surface area contributed by atoms with Crippen LogP contribution in [-0.2, 0) is 9.53 Å². The standard InChI is InChI=1S/C35H50O6/c1-4-6-8-10-12-14-16-18-30(36)26-40-31-23-24-32(34(37)38)33(25-31)28-19-21-29(22-20-28)35(39)41-27(3)17-15-13-11-9-7-5-2/h19-25,27H,4-18,26H2,1-3H3,(H,37,38)/t27-/m1/s1. The maximum atomic E-state index is 12.6. The summed E-state index contributed by atoms with van der Waals surface area (Å²) in [4.78, 5) is 36.8. The zero-order valence-corrected chi connectivity index (χ0v) is 25.4. The summed E-state index contributed by atoms with van der Waals surface area (Å²) in [7, 11) is 0. The van der Waals surface area contributed by atoms with Gasteiger partial charge in [0, 0.05) is 6.42 Å². The first-order valence-electron chi connectivity index (χ1n) is 15.7. The highest BCUT2D eigenvalue weighted by atomic mass is 16.5. The molecule has 0 spiro atoms. The van der Waals surface area contributed by atoms with Crippen molar-refractivity contribution >= 4 is 17.7 Å². The van der Waals surface area contributed by atoms with E-state index in [0.717, 1.165) is 38.5 Å². The van der Waals surface area contributed by atoms with E-state index in [0.29, 0.717) is 28.9 Å². The molecule has 0 aliphatic rings. The van der Waals surface area contributed by atoms with Crippen LogP contribution in [0, 0.1) is 0 Å². The molecule has 0 radical (unpaired) electrons. The number of carboxylic acid groups (broad SMARTS) is 1. The minimum atomic E-state index is -1.06. The Morgan fingerprint density at radius 3 is 1.95 bits per heavy atom. The molecular formula is C35H50O6. The van der Waals surface area contributed by atoms with Crippen LogP contribution in [0.5, 0.6) is 5.75 Å². The Bertz CT molecular complexity index is 1060. The minimum Gasteiger partial charge on any atom is -0.486 e. The predicted octanol–water partition coefficient (Wildman–Crippen LogP) is 9.44. The summed E-state index contributed by atoms with van der Waals surface area (Å²) >= 11 is 0. The Morgan fingerprint density at radius 1 is 0.756 bits per heavy atom. The third-order valence-electron chi connectivity index (χ3n) is 7.38. The van der Waals surface area contributed by atoms with Crippen LogP contribution in [0.2, 0.25) is 0 Å². The van der Waals surface area contributed by atoms with E-state index in [2.05, 4.69) is 13.8 Å². The average Bonchev–Trinajstić information content (AvgIpc) is 2.97. The van der Waals surface area contributed by atoms with Gasteiger partial charge in [0.1, 0.15) is 12.4 Å². The normalized spacial score (nSPS) is 11.7. The lowest BCUT2D eigenvalue weighted by Gasteiger charge is -2.14. The third kappa shape index (κ3) is 13.4. The number of hydrogen-bond donors (Lipinski definition) is 1. The van der Waals surface area contributed by atoms with Crippen molar-refractivity contribution in [2.45, 2.75) is 123 Å². The summed E-state index contributed by atoms with van der Waals surface area (Å²) in [5.41, 5.74) is 1.64. The van der Waals surface area contributed by atoms with E-state index < -0.39 is 5.97 Å². The number of hydrogen-bond acceptors (Lipinski definition) is 5. The van der Waals surface area contributed by atoms with Gasteiger partial charge in [-0.2, -0.15) is 0 Å². The summed E-state index contributed by atoms with van der Waals surface area (Å²) in [5, 5.41) is 9.73. The number of Topliss-reactive ketones (excluding diaryl/α,β-unsaturated/α-hetero) is 1. The van der Waals surface area contributed by atoms with Gasteiger partial charge < -0.3 is 14.6 Å². The number of aromatic carboxylic acids is 1. The molecule has 0 saturated carbocycles. The van der Waals surface area contributed by atoms with Gasteiger partial charge in [-0.3, -0.25) is 4.79 Å². The fourth-order valence-corrected chi connectivity index (χ4v) is 4.86. The Morgan fingerprint density at radius 2 is 1.34 bits per heavy atom. The Kier molecular flexibility index (Phi) is 16.5. The lowest BCUT2D eigenvalue weighted by molar-refractivity contribution is -0.121. The van der Waals surface area contributed by atoms with Crippen molar-refractivity contribution < 1.29 is 29.0 Å². The van der Waals surface area contributed by atoms with E-state index in [1.54, 1.807) is 36.4 Å². The van der Waals surface area contributed by atoms with E-state index in [1.807, 2.05) is 6.92 Å². The number of carbonyl (C=O) groups is 3. The lowest BCUT2D eigenvalue weighted by Crippen LogP contribution is -2.15. The topological polar surface area (TPSA) is 89.9 Å². The van der Waals surface area contributed by atoms with Gasteiger partial charge in [-0.15, -0.1) is 0 Å². The molecule has 0 heterocycles. The Balaban J connectivity index is 1.91. The van der Waals surface area contributed by atoms with E-state index in [4.69, 9.17) is 9.47 Å². The van der Waals surface area contributed by atoms with Crippen molar-refractivity contribution in [3.05, 3.63) is 53.6 Å². The van der Waals surface area contributed by atoms with E-state index in [1.165, 1.54) is 57.4 Å². The van der Waals surface area contributed by atoms with Crippen LogP contribution < -0.4 is 4.74 Å². The van der Waals surface area contributed by atoms with Crippen LogP contribution in [-0.4, -0.2) is 35.5 Å².